The number of piperidine rings is 1. The maximum atomic E-state index is 14.6. The summed E-state index contributed by atoms with van der Waals surface area (Å²) in [7, 11) is 0. The highest BCUT2D eigenvalue weighted by Crippen LogP contribution is 2.41. The van der Waals surface area contributed by atoms with Crippen molar-refractivity contribution in [2.24, 2.45) is 17.3 Å². The molecule has 1 spiro atoms. The van der Waals surface area contributed by atoms with Crippen molar-refractivity contribution in [1.29, 1.82) is 0 Å². The summed E-state index contributed by atoms with van der Waals surface area (Å²) in [5.74, 6) is -2.29. The molecule has 19 nitrogen and oxygen atoms in total. The van der Waals surface area contributed by atoms with Crippen LogP contribution in [0.4, 0.5) is 14.4 Å². The molecule has 2 aliphatic heterocycles. The minimum atomic E-state index is -1.20. The van der Waals surface area contributed by atoms with Crippen LogP contribution in [0.1, 0.15) is 131 Å². The van der Waals surface area contributed by atoms with Crippen LogP contribution < -0.4 is 31.9 Å². The molecule has 3 aromatic rings. The SMILES string of the molecule is CC(C)CC(NC(=O)C(Cc1ccccc1)NC(=O)C(Cc1ccccc1)NC(=O)OC(C)(C)C)C(=O)NC(CCCCNC(=O)OC(C)(C)C)C(=O)N1CC2(CCN(C(=O)C(CC(C)C)NC(=O)OCc3ccccc3)CC2)C1. The van der Waals surface area contributed by atoms with Crippen molar-refractivity contribution in [2.75, 3.05) is 32.7 Å². The Morgan fingerprint density at radius 3 is 1.44 bits per heavy atom. The number of nitrogens with one attached hydrogen (secondary N) is 6. The zero-order chi connectivity index (χ0) is 58.6. The minimum Gasteiger partial charge on any atom is -0.445 e. The highest BCUT2D eigenvalue weighted by atomic mass is 16.6. The van der Waals surface area contributed by atoms with E-state index in [4.69, 9.17) is 14.2 Å². The highest BCUT2D eigenvalue weighted by molar-refractivity contribution is 5.95. The van der Waals surface area contributed by atoms with Crippen LogP contribution in [0, 0.1) is 17.3 Å². The average Bonchev–Trinajstić information content (AvgIpc) is 3.38. The van der Waals surface area contributed by atoms with Gasteiger partial charge < -0.3 is 55.9 Å². The number of alkyl carbamates (subject to hydrolysis) is 3. The van der Waals surface area contributed by atoms with Crippen molar-refractivity contribution < 1.29 is 52.6 Å². The van der Waals surface area contributed by atoms with Crippen molar-refractivity contribution in [1.82, 2.24) is 41.7 Å². The van der Waals surface area contributed by atoms with E-state index in [0.717, 1.165) is 16.7 Å². The van der Waals surface area contributed by atoms with Crippen LogP contribution >= 0.6 is 0 Å². The van der Waals surface area contributed by atoms with Gasteiger partial charge >= 0.3 is 18.3 Å². The van der Waals surface area contributed by atoms with E-state index in [1.54, 1.807) is 51.3 Å². The number of hydrogen-bond acceptors (Lipinski definition) is 11. The van der Waals surface area contributed by atoms with Gasteiger partial charge in [0.2, 0.25) is 29.5 Å². The molecule has 0 radical (unpaired) electrons. The fourth-order valence-corrected chi connectivity index (χ4v) is 9.80. The zero-order valence-electron chi connectivity index (χ0n) is 48.7. The summed E-state index contributed by atoms with van der Waals surface area (Å²) in [6, 6.07) is 22.3. The quantitative estimate of drug-likeness (QED) is 0.0362. The van der Waals surface area contributed by atoms with Crippen LogP contribution in [0.3, 0.4) is 0 Å². The maximum absolute atomic E-state index is 14.6. The van der Waals surface area contributed by atoms with Gasteiger partial charge in [0, 0.05) is 51.0 Å². The number of nitrogens with zero attached hydrogens (tertiary/aromatic N) is 2. The normalized spacial score (nSPS) is 15.9. The molecule has 19 heteroatoms. The van der Waals surface area contributed by atoms with Crippen LogP contribution in [0.5, 0.6) is 0 Å². The van der Waals surface area contributed by atoms with Gasteiger partial charge in [-0.2, -0.15) is 0 Å². The highest BCUT2D eigenvalue weighted by Gasteiger charge is 2.49. The molecule has 5 rings (SSSR count). The van der Waals surface area contributed by atoms with E-state index in [0.29, 0.717) is 58.3 Å². The third-order valence-corrected chi connectivity index (χ3v) is 13.8. The third kappa shape index (κ3) is 21.8. The van der Waals surface area contributed by atoms with Crippen molar-refractivity contribution in [2.45, 2.75) is 175 Å². The molecular formula is C61H88N8O11. The van der Waals surface area contributed by atoms with Crippen molar-refractivity contribution in [3.05, 3.63) is 108 Å². The lowest BCUT2D eigenvalue weighted by atomic mass is 9.71. The molecule has 8 amide bonds. The molecule has 0 bridgehead atoms. The van der Waals surface area contributed by atoms with Gasteiger partial charge in [0.15, 0.2) is 0 Å². The summed E-state index contributed by atoms with van der Waals surface area (Å²) < 4.78 is 16.3. The first-order chi connectivity index (χ1) is 37.8. The van der Waals surface area contributed by atoms with E-state index in [-0.39, 0.29) is 67.9 Å². The number of likely N-dealkylation sites (tertiary alicyclic amines) is 2. The molecular weight excluding hydrogens is 1020 g/mol. The Labute approximate surface area is 473 Å². The fraction of sp³-hybridized carbons (Fsp3) is 0.574. The summed E-state index contributed by atoms with van der Waals surface area (Å²) in [4.78, 5) is 114. The van der Waals surface area contributed by atoms with Gasteiger partial charge in [-0.15, -0.1) is 0 Å². The number of benzene rings is 3. The van der Waals surface area contributed by atoms with Crippen molar-refractivity contribution in [3.8, 4) is 0 Å². The predicted octanol–water partition coefficient (Wildman–Crippen LogP) is 7.35. The number of rotatable bonds is 25. The van der Waals surface area contributed by atoms with Crippen LogP contribution in [-0.2, 0) is 57.6 Å². The van der Waals surface area contributed by atoms with Gasteiger partial charge in [0.05, 0.1) is 0 Å². The summed E-state index contributed by atoms with van der Waals surface area (Å²) in [6.45, 7) is 20.3. The summed E-state index contributed by atoms with van der Waals surface area (Å²) >= 11 is 0. The third-order valence-electron chi connectivity index (χ3n) is 13.8. The topological polar surface area (TPSA) is 243 Å². The van der Waals surface area contributed by atoms with E-state index in [1.807, 2.05) is 119 Å². The van der Waals surface area contributed by atoms with Crippen LogP contribution in [-0.4, -0.2) is 132 Å². The Bertz CT molecular complexity index is 2500. The number of amides is 8. The van der Waals surface area contributed by atoms with Crippen LogP contribution in [0.15, 0.2) is 91.0 Å². The fourth-order valence-electron chi connectivity index (χ4n) is 9.80. The molecule has 80 heavy (non-hydrogen) atoms. The van der Waals surface area contributed by atoms with E-state index in [2.05, 4.69) is 31.9 Å². The molecule has 438 valence electrons. The van der Waals surface area contributed by atoms with Crippen LogP contribution in [0.2, 0.25) is 0 Å². The zero-order valence-corrected chi connectivity index (χ0v) is 48.7. The Morgan fingerprint density at radius 1 is 0.500 bits per heavy atom. The van der Waals surface area contributed by atoms with E-state index >= 15 is 0 Å². The second-order valence-electron chi connectivity index (χ2n) is 24.2. The molecule has 3 aromatic carbocycles. The summed E-state index contributed by atoms with van der Waals surface area (Å²) in [5.41, 5.74) is 0.550. The Balaban J connectivity index is 1.29. The molecule has 2 aliphatic rings. The molecule has 5 unspecified atom stereocenters. The van der Waals surface area contributed by atoms with Crippen molar-refractivity contribution in [3.63, 3.8) is 0 Å². The molecule has 0 saturated carbocycles. The Morgan fingerprint density at radius 2 is 0.925 bits per heavy atom. The van der Waals surface area contributed by atoms with Gasteiger partial charge in [0.1, 0.15) is 48.0 Å². The standard InChI is InChI=1S/C61H88N8O11/c1-41(2)34-47(64-52(71)48(36-43-22-14-11-15-23-43)65-53(72)49(37-44-24-16-12-17-25-44)66-58(77)80-60(8,9)10)51(70)63-46(28-20-21-31-62-56(75)79-59(5,6)7)54(73)69-39-61(40-69)29-32-68(33-30-61)55(74)50(35-42(3)4)67-57(76)78-38-45-26-18-13-19-27-45/h11-19,22-27,41-42,46-50H,20-21,28-40H2,1-10H3,(H,62,75)(H,63,70)(H,64,71)(H,65,72)(H,66,77)(H,67,76). The van der Waals surface area contributed by atoms with E-state index in [1.165, 1.54) is 0 Å². The molecule has 2 heterocycles. The monoisotopic (exact) mass is 1110 g/mol. The summed E-state index contributed by atoms with van der Waals surface area (Å²) in [5, 5.41) is 17.0. The molecule has 6 N–H and O–H groups in total. The number of carbonyl (C=O) groups is 8. The van der Waals surface area contributed by atoms with Gasteiger partial charge in [-0.3, -0.25) is 24.0 Å². The average molecular weight is 1110 g/mol. The Kier molecular flexibility index (Phi) is 23.8. The molecule has 2 fully saturated rings. The van der Waals surface area contributed by atoms with Gasteiger partial charge in [0.25, 0.3) is 0 Å². The number of carbonyl (C=O) groups excluding carboxylic acids is 8. The smallest absolute Gasteiger partial charge is 0.408 e. The van der Waals surface area contributed by atoms with E-state index in [9.17, 15) is 38.4 Å². The first-order valence-corrected chi connectivity index (χ1v) is 28.3. The Hall–Kier alpha value is -7.18. The first kappa shape index (κ1) is 63.6. The molecule has 0 aliphatic carbocycles. The van der Waals surface area contributed by atoms with Gasteiger partial charge in [-0.05, 0) is 115 Å². The molecule has 2 saturated heterocycles. The minimum absolute atomic E-state index is 0.0548. The lowest BCUT2D eigenvalue weighted by Crippen LogP contribution is -2.66. The molecule has 5 atom stereocenters. The number of ether oxygens (including phenoxy) is 3. The maximum Gasteiger partial charge on any atom is 0.408 e. The lowest BCUT2D eigenvalue weighted by Gasteiger charge is -2.54. The summed E-state index contributed by atoms with van der Waals surface area (Å²) in [6.07, 6.45) is 1.18. The van der Waals surface area contributed by atoms with Crippen LogP contribution in [0.25, 0.3) is 0 Å². The molecule has 0 aromatic heterocycles. The second-order valence-corrected chi connectivity index (χ2v) is 24.2. The second kappa shape index (κ2) is 29.9. The lowest BCUT2D eigenvalue weighted by molar-refractivity contribution is -0.153. The van der Waals surface area contributed by atoms with Gasteiger partial charge in [-0.25, -0.2) is 14.4 Å². The first-order valence-electron chi connectivity index (χ1n) is 28.3. The number of hydrogen-bond donors (Lipinski definition) is 6. The van der Waals surface area contributed by atoms with Gasteiger partial charge in [-0.1, -0.05) is 119 Å². The number of unbranched alkanes of at least 4 members (excludes halogenated alkanes) is 1. The largest absolute Gasteiger partial charge is 0.445 e. The van der Waals surface area contributed by atoms with Crippen molar-refractivity contribution >= 4 is 47.8 Å². The van der Waals surface area contributed by atoms with E-state index < -0.39 is 77.4 Å². The predicted molar refractivity (Wildman–Crippen MR) is 305 cm³/mol.